The second-order valence-corrected chi connectivity index (χ2v) is 19.1. The first kappa shape index (κ1) is 37.1. The van der Waals surface area contributed by atoms with Crippen LogP contribution in [0.15, 0.2) is 156 Å². The normalized spacial score (nSPS) is 17.8. The van der Waals surface area contributed by atoms with Crippen LogP contribution in [0, 0.1) is 0 Å². The summed E-state index contributed by atoms with van der Waals surface area (Å²) >= 11 is 1.84. The SMILES string of the molecule is CC1(C)N=C(c2ccc(-c3ccc4c(c3)sc3cc(-c5ccc(C6=NC(C)(C)C(C)(C)N6c6ccccc6)nc5)c5ccccc5c34)cn2)N(c2ccccc2)C1(C)C. The number of benzene rings is 5. The van der Waals surface area contributed by atoms with Gasteiger partial charge in [0.25, 0.3) is 0 Å². The zero-order valence-corrected chi connectivity index (χ0v) is 35.8. The van der Waals surface area contributed by atoms with Crippen molar-refractivity contribution in [3.05, 3.63) is 157 Å². The molecule has 292 valence electrons. The molecule has 7 heteroatoms. The number of hydrogen-bond donors (Lipinski definition) is 0. The largest absolute Gasteiger partial charge is 0.317 e. The zero-order chi connectivity index (χ0) is 40.9. The van der Waals surface area contributed by atoms with E-state index < -0.39 is 0 Å². The molecule has 5 heterocycles. The first-order chi connectivity index (χ1) is 28.2. The lowest BCUT2D eigenvalue weighted by Gasteiger charge is -2.41. The molecule has 0 saturated carbocycles. The van der Waals surface area contributed by atoms with Crippen LogP contribution in [0.1, 0.15) is 66.8 Å². The molecule has 2 aliphatic heterocycles. The highest BCUT2D eigenvalue weighted by Gasteiger charge is 2.51. The van der Waals surface area contributed by atoms with Gasteiger partial charge in [0.2, 0.25) is 0 Å². The van der Waals surface area contributed by atoms with Gasteiger partial charge >= 0.3 is 0 Å². The highest BCUT2D eigenvalue weighted by Crippen LogP contribution is 2.46. The summed E-state index contributed by atoms with van der Waals surface area (Å²) < 4.78 is 2.51. The average Bonchev–Trinajstić information content (AvgIpc) is 3.77. The first-order valence-electron chi connectivity index (χ1n) is 20.5. The molecule has 0 aliphatic carbocycles. The lowest BCUT2D eigenvalue weighted by atomic mass is 9.83. The standard InChI is InChI=1S/C52H48N6S/c1-49(2)51(5,6)57(36-17-11-9-12-18-36)47(55-49)42-27-24-34(31-53-42)33-23-26-40-44(29-33)59-45-30-41(38-21-15-16-22-39(38)46(40)45)35-25-28-43(54-32-35)48-56-50(3,4)52(7,8)58(48)37-19-13-10-14-20-37/h9-32H,1-8H3. The Labute approximate surface area is 350 Å². The number of nitrogens with zero attached hydrogens (tertiary/aromatic N) is 6. The van der Waals surface area contributed by atoms with Gasteiger partial charge in [-0.2, -0.15) is 0 Å². The maximum atomic E-state index is 5.27. The number of pyridine rings is 2. The van der Waals surface area contributed by atoms with Crippen LogP contribution in [-0.4, -0.2) is 43.8 Å². The van der Waals surface area contributed by atoms with Crippen molar-refractivity contribution in [3.63, 3.8) is 0 Å². The molecular formula is C52H48N6S. The molecule has 0 unspecified atom stereocenters. The van der Waals surface area contributed by atoms with Gasteiger partial charge < -0.3 is 9.80 Å². The van der Waals surface area contributed by atoms with E-state index in [0.29, 0.717) is 0 Å². The molecule has 0 amide bonds. The maximum absolute atomic E-state index is 5.27. The molecule has 0 radical (unpaired) electrons. The highest BCUT2D eigenvalue weighted by atomic mass is 32.1. The number of anilines is 2. The lowest BCUT2D eigenvalue weighted by Crippen LogP contribution is -2.53. The number of hydrogen-bond acceptors (Lipinski definition) is 7. The smallest absolute Gasteiger partial charge is 0.155 e. The number of aromatic nitrogens is 2. The second-order valence-electron chi connectivity index (χ2n) is 18.0. The third-order valence-corrected chi connectivity index (χ3v) is 14.5. The Morgan fingerprint density at radius 3 is 1.46 bits per heavy atom. The predicted octanol–water partition coefficient (Wildman–Crippen LogP) is 13.0. The van der Waals surface area contributed by atoms with Gasteiger partial charge in [0, 0.05) is 55.1 Å². The van der Waals surface area contributed by atoms with Crippen LogP contribution in [-0.2, 0) is 0 Å². The summed E-state index contributed by atoms with van der Waals surface area (Å²) in [6.07, 6.45) is 4.02. The maximum Gasteiger partial charge on any atom is 0.155 e. The molecular weight excluding hydrogens is 741 g/mol. The van der Waals surface area contributed by atoms with Crippen molar-refractivity contribution in [1.82, 2.24) is 9.97 Å². The Balaban J connectivity index is 1.00. The molecule has 10 rings (SSSR count). The molecule has 0 fully saturated rings. The number of fused-ring (bicyclic) bond motifs is 5. The Morgan fingerprint density at radius 1 is 0.441 bits per heavy atom. The van der Waals surface area contributed by atoms with Crippen molar-refractivity contribution in [2.24, 2.45) is 9.98 Å². The van der Waals surface area contributed by atoms with Gasteiger partial charge in [-0.3, -0.25) is 20.0 Å². The molecule has 0 atom stereocenters. The van der Waals surface area contributed by atoms with Crippen LogP contribution < -0.4 is 9.80 Å². The molecule has 0 N–H and O–H groups in total. The fourth-order valence-corrected chi connectivity index (χ4v) is 10.0. The fraction of sp³-hybridized carbons (Fsp3) is 0.231. The van der Waals surface area contributed by atoms with Crippen LogP contribution in [0.5, 0.6) is 0 Å². The monoisotopic (exact) mass is 788 g/mol. The van der Waals surface area contributed by atoms with Gasteiger partial charge in [-0.25, -0.2) is 0 Å². The summed E-state index contributed by atoms with van der Waals surface area (Å²) in [5, 5.41) is 5.03. The highest BCUT2D eigenvalue weighted by molar-refractivity contribution is 7.26. The van der Waals surface area contributed by atoms with Gasteiger partial charge in [0.05, 0.1) is 22.2 Å². The minimum Gasteiger partial charge on any atom is -0.317 e. The van der Waals surface area contributed by atoms with Gasteiger partial charge in [-0.05, 0) is 126 Å². The topological polar surface area (TPSA) is 57.0 Å². The van der Waals surface area contributed by atoms with Crippen molar-refractivity contribution >= 4 is 65.3 Å². The van der Waals surface area contributed by atoms with Crippen LogP contribution in [0.3, 0.4) is 0 Å². The molecule has 2 aliphatic rings. The predicted molar refractivity (Wildman–Crippen MR) is 251 cm³/mol. The molecule has 0 spiro atoms. The molecule has 6 nitrogen and oxygen atoms in total. The minimum absolute atomic E-state index is 0.232. The molecule has 59 heavy (non-hydrogen) atoms. The van der Waals surface area contributed by atoms with E-state index in [9.17, 15) is 0 Å². The van der Waals surface area contributed by atoms with E-state index >= 15 is 0 Å². The number of thiophene rings is 1. The van der Waals surface area contributed by atoms with Gasteiger partial charge in [-0.15, -0.1) is 11.3 Å². The third-order valence-electron chi connectivity index (χ3n) is 13.4. The van der Waals surface area contributed by atoms with E-state index in [0.717, 1.165) is 51.1 Å². The van der Waals surface area contributed by atoms with Gasteiger partial charge in [0.15, 0.2) is 11.7 Å². The van der Waals surface area contributed by atoms with Crippen molar-refractivity contribution in [1.29, 1.82) is 0 Å². The van der Waals surface area contributed by atoms with E-state index in [4.69, 9.17) is 20.0 Å². The summed E-state index contributed by atoms with van der Waals surface area (Å²) in [7, 11) is 0. The van der Waals surface area contributed by atoms with E-state index in [1.807, 2.05) is 23.7 Å². The first-order valence-corrected chi connectivity index (χ1v) is 21.3. The molecule has 8 aromatic rings. The summed E-state index contributed by atoms with van der Waals surface area (Å²) in [6.45, 7) is 17.9. The van der Waals surface area contributed by atoms with Gasteiger partial charge in [0.1, 0.15) is 11.4 Å². The summed E-state index contributed by atoms with van der Waals surface area (Å²) in [5.74, 6) is 1.80. The summed E-state index contributed by atoms with van der Waals surface area (Å²) in [4.78, 5) is 25.3. The van der Waals surface area contributed by atoms with Crippen molar-refractivity contribution in [3.8, 4) is 22.3 Å². The fourth-order valence-electron chi connectivity index (χ4n) is 8.81. The molecule has 3 aromatic heterocycles. The van der Waals surface area contributed by atoms with E-state index in [2.05, 4.69) is 199 Å². The Bertz CT molecular complexity index is 2980. The number of para-hydroxylation sites is 2. The number of amidine groups is 2. The quantitative estimate of drug-likeness (QED) is 0.168. The van der Waals surface area contributed by atoms with Crippen LogP contribution in [0.25, 0.3) is 53.2 Å². The molecule has 0 saturated heterocycles. The Hall–Kier alpha value is -6.18. The van der Waals surface area contributed by atoms with Crippen LogP contribution >= 0.6 is 11.3 Å². The molecule has 5 aromatic carbocycles. The summed E-state index contributed by atoms with van der Waals surface area (Å²) in [6, 6.07) is 47.7. The van der Waals surface area contributed by atoms with Crippen molar-refractivity contribution in [2.75, 3.05) is 9.80 Å². The molecule has 0 bridgehead atoms. The zero-order valence-electron chi connectivity index (χ0n) is 34.9. The third kappa shape index (κ3) is 5.73. The minimum atomic E-state index is -0.301. The average molecular weight is 789 g/mol. The van der Waals surface area contributed by atoms with Crippen LogP contribution in [0.2, 0.25) is 0 Å². The number of rotatable bonds is 6. The summed E-state index contributed by atoms with van der Waals surface area (Å²) in [5.41, 5.74) is 7.41. The van der Waals surface area contributed by atoms with E-state index in [-0.39, 0.29) is 22.2 Å². The van der Waals surface area contributed by atoms with E-state index in [1.54, 1.807) is 0 Å². The van der Waals surface area contributed by atoms with Gasteiger partial charge in [-0.1, -0.05) is 84.9 Å². The van der Waals surface area contributed by atoms with E-state index in [1.165, 1.54) is 36.5 Å². The Kier molecular flexibility index (Phi) is 8.28. The second kappa shape index (κ2) is 13.2. The lowest BCUT2D eigenvalue weighted by molar-refractivity contribution is 0.338. The van der Waals surface area contributed by atoms with Crippen molar-refractivity contribution < 1.29 is 0 Å². The Morgan fingerprint density at radius 2 is 0.932 bits per heavy atom. The van der Waals surface area contributed by atoms with Crippen LogP contribution in [0.4, 0.5) is 11.4 Å². The van der Waals surface area contributed by atoms with Crippen molar-refractivity contribution in [2.45, 2.75) is 77.5 Å². The number of aliphatic imine (C=N–C) groups is 2.